The van der Waals surface area contributed by atoms with Gasteiger partial charge < -0.3 is 5.11 Å². The van der Waals surface area contributed by atoms with Gasteiger partial charge in [-0.3, -0.25) is 4.79 Å². The van der Waals surface area contributed by atoms with E-state index in [2.05, 4.69) is 0 Å². The number of hydrogen-bond acceptors (Lipinski definition) is 1. The van der Waals surface area contributed by atoms with Gasteiger partial charge in [0.05, 0.1) is 6.42 Å². The van der Waals surface area contributed by atoms with E-state index in [-0.39, 0.29) is 18.3 Å². The minimum absolute atomic E-state index is 0.0619. The lowest BCUT2D eigenvalue weighted by atomic mass is 9.75. The fourth-order valence-electron chi connectivity index (χ4n) is 3.07. The van der Waals surface area contributed by atoms with Crippen LogP contribution < -0.4 is 0 Å². The van der Waals surface area contributed by atoms with Crippen molar-refractivity contribution in [3.05, 3.63) is 35.4 Å². The molecule has 1 aliphatic carbocycles. The van der Waals surface area contributed by atoms with Gasteiger partial charge >= 0.3 is 5.97 Å². The summed E-state index contributed by atoms with van der Waals surface area (Å²) in [6, 6.07) is 3.36. The first-order chi connectivity index (χ1) is 9.06. The quantitative estimate of drug-likeness (QED) is 0.892. The van der Waals surface area contributed by atoms with Crippen molar-refractivity contribution in [1.82, 2.24) is 0 Å². The predicted octanol–water partition coefficient (Wildman–Crippen LogP) is 4.10. The summed E-state index contributed by atoms with van der Waals surface area (Å²) >= 11 is 0. The van der Waals surface area contributed by atoms with E-state index in [1.54, 1.807) is 0 Å². The van der Waals surface area contributed by atoms with Gasteiger partial charge in [-0.1, -0.05) is 19.3 Å². The van der Waals surface area contributed by atoms with E-state index in [4.69, 9.17) is 5.11 Å². The lowest BCUT2D eigenvalue weighted by Crippen LogP contribution is -2.19. The zero-order valence-corrected chi connectivity index (χ0v) is 10.7. The highest BCUT2D eigenvalue weighted by Crippen LogP contribution is 2.38. The largest absolute Gasteiger partial charge is 0.481 e. The van der Waals surface area contributed by atoms with Crippen molar-refractivity contribution < 1.29 is 18.7 Å². The summed E-state index contributed by atoms with van der Waals surface area (Å²) in [5, 5.41) is 9.03. The Labute approximate surface area is 111 Å². The number of halogens is 2. The van der Waals surface area contributed by atoms with E-state index < -0.39 is 17.6 Å². The molecule has 1 aromatic rings. The number of carboxylic acids is 1. The first-order valence-electron chi connectivity index (χ1n) is 6.74. The van der Waals surface area contributed by atoms with Gasteiger partial charge in [-0.15, -0.1) is 0 Å². The van der Waals surface area contributed by atoms with Crippen molar-refractivity contribution in [3.8, 4) is 0 Å². The molecule has 4 heteroatoms. The molecule has 19 heavy (non-hydrogen) atoms. The molecule has 1 aromatic carbocycles. The molecule has 1 N–H and O–H groups in total. The van der Waals surface area contributed by atoms with Crippen molar-refractivity contribution in [2.75, 3.05) is 0 Å². The molecule has 1 aliphatic rings. The van der Waals surface area contributed by atoms with Crippen molar-refractivity contribution in [1.29, 1.82) is 0 Å². The van der Waals surface area contributed by atoms with E-state index in [0.29, 0.717) is 5.56 Å². The summed E-state index contributed by atoms with van der Waals surface area (Å²) in [7, 11) is 0. The van der Waals surface area contributed by atoms with Gasteiger partial charge in [0.2, 0.25) is 0 Å². The summed E-state index contributed by atoms with van der Waals surface area (Å²) in [6.07, 6.45) is 5.12. The molecule has 0 saturated heterocycles. The Morgan fingerprint density at radius 2 is 1.74 bits per heavy atom. The first-order valence-corrected chi connectivity index (χ1v) is 6.74. The second kappa shape index (κ2) is 6.13. The highest BCUT2D eigenvalue weighted by atomic mass is 19.1. The molecule has 0 aliphatic heterocycles. The number of rotatable bonds is 4. The van der Waals surface area contributed by atoms with Gasteiger partial charge in [-0.05, 0) is 42.4 Å². The number of carbonyl (C=O) groups is 1. The van der Waals surface area contributed by atoms with Gasteiger partial charge in [0.1, 0.15) is 11.6 Å². The van der Waals surface area contributed by atoms with E-state index in [1.165, 1.54) is 12.1 Å². The van der Waals surface area contributed by atoms with E-state index >= 15 is 0 Å². The molecule has 1 atom stereocenters. The molecular formula is C15H18F2O2. The van der Waals surface area contributed by atoms with Crippen molar-refractivity contribution in [2.45, 2.75) is 44.4 Å². The SMILES string of the molecule is O=C(O)CC(c1cc(F)cc(F)c1)C1CCCCC1. The summed E-state index contributed by atoms with van der Waals surface area (Å²) in [4.78, 5) is 11.0. The smallest absolute Gasteiger partial charge is 0.303 e. The summed E-state index contributed by atoms with van der Waals surface area (Å²) < 4.78 is 26.6. The molecule has 1 fully saturated rings. The molecule has 0 amide bonds. The van der Waals surface area contributed by atoms with Crippen molar-refractivity contribution in [2.24, 2.45) is 5.92 Å². The summed E-state index contributed by atoms with van der Waals surface area (Å²) in [5.41, 5.74) is 0.479. The van der Waals surface area contributed by atoms with Crippen LogP contribution in [-0.2, 0) is 4.79 Å². The molecule has 1 unspecified atom stereocenters. The average molecular weight is 268 g/mol. The molecule has 0 spiro atoms. The van der Waals surface area contributed by atoms with Gasteiger partial charge in [-0.25, -0.2) is 8.78 Å². The lowest BCUT2D eigenvalue weighted by Gasteiger charge is -2.29. The molecular weight excluding hydrogens is 250 g/mol. The maximum Gasteiger partial charge on any atom is 0.303 e. The second-order valence-corrected chi connectivity index (χ2v) is 5.31. The maximum atomic E-state index is 13.3. The van der Waals surface area contributed by atoms with E-state index in [1.807, 2.05) is 0 Å². The fraction of sp³-hybridized carbons (Fsp3) is 0.533. The number of carboxylic acid groups (broad SMARTS) is 1. The molecule has 0 radical (unpaired) electrons. The minimum Gasteiger partial charge on any atom is -0.481 e. The molecule has 2 nitrogen and oxygen atoms in total. The van der Waals surface area contributed by atoms with Crippen LogP contribution in [-0.4, -0.2) is 11.1 Å². The summed E-state index contributed by atoms with van der Waals surface area (Å²) in [6.45, 7) is 0. The van der Waals surface area contributed by atoms with Gasteiger partial charge in [0, 0.05) is 6.07 Å². The third-order valence-corrected chi connectivity index (χ3v) is 3.93. The standard InChI is InChI=1S/C15H18F2O2/c16-12-6-11(7-13(17)8-12)14(9-15(18)19)10-4-2-1-3-5-10/h6-8,10,14H,1-5,9H2,(H,18,19). The Morgan fingerprint density at radius 3 is 2.26 bits per heavy atom. The zero-order chi connectivity index (χ0) is 13.8. The Balaban J connectivity index is 2.27. The Kier molecular flexibility index (Phi) is 4.51. The van der Waals surface area contributed by atoms with Crippen LogP contribution in [0.4, 0.5) is 8.78 Å². The maximum absolute atomic E-state index is 13.3. The Bertz CT molecular complexity index is 433. The highest BCUT2D eigenvalue weighted by Gasteiger charge is 2.27. The van der Waals surface area contributed by atoms with Crippen LogP contribution in [0.5, 0.6) is 0 Å². The van der Waals surface area contributed by atoms with E-state index in [9.17, 15) is 13.6 Å². The van der Waals surface area contributed by atoms with Crippen LogP contribution in [0.25, 0.3) is 0 Å². The molecule has 0 heterocycles. The van der Waals surface area contributed by atoms with Crippen LogP contribution in [0.1, 0.15) is 50.0 Å². The van der Waals surface area contributed by atoms with Crippen molar-refractivity contribution in [3.63, 3.8) is 0 Å². The molecule has 0 bridgehead atoms. The molecule has 1 saturated carbocycles. The van der Waals surface area contributed by atoms with Gasteiger partial charge in [-0.2, -0.15) is 0 Å². The normalized spacial score (nSPS) is 18.2. The fourth-order valence-corrected chi connectivity index (χ4v) is 3.07. The molecule has 2 rings (SSSR count). The van der Waals surface area contributed by atoms with Crippen molar-refractivity contribution >= 4 is 5.97 Å². The van der Waals surface area contributed by atoms with Crippen LogP contribution in [0.15, 0.2) is 18.2 Å². The average Bonchev–Trinajstić information content (AvgIpc) is 2.35. The number of hydrogen-bond donors (Lipinski definition) is 1. The van der Waals surface area contributed by atoms with Gasteiger partial charge in [0.15, 0.2) is 0 Å². The highest BCUT2D eigenvalue weighted by molar-refractivity contribution is 5.68. The zero-order valence-electron chi connectivity index (χ0n) is 10.7. The Morgan fingerprint density at radius 1 is 1.16 bits per heavy atom. The Hall–Kier alpha value is -1.45. The predicted molar refractivity (Wildman–Crippen MR) is 67.9 cm³/mol. The lowest BCUT2D eigenvalue weighted by molar-refractivity contribution is -0.137. The van der Waals surface area contributed by atoms with E-state index in [0.717, 1.165) is 38.2 Å². The van der Waals surface area contributed by atoms with Crippen LogP contribution in [0, 0.1) is 17.6 Å². The monoisotopic (exact) mass is 268 g/mol. The third-order valence-electron chi connectivity index (χ3n) is 3.93. The molecule has 104 valence electrons. The second-order valence-electron chi connectivity index (χ2n) is 5.31. The minimum atomic E-state index is -0.916. The van der Waals surface area contributed by atoms with Crippen LogP contribution >= 0.6 is 0 Å². The number of benzene rings is 1. The molecule has 0 aromatic heterocycles. The topological polar surface area (TPSA) is 37.3 Å². The third kappa shape index (κ3) is 3.75. The van der Waals surface area contributed by atoms with Gasteiger partial charge in [0.25, 0.3) is 0 Å². The van der Waals surface area contributed by atoms with Crippen LogP contribution in [0.2, 0.25) is 0 Å². The summed E-state index contributed by atoms with van der Waals surface area (Å²) in [5.74, 6) is -2.27. The van der Waals surface area contributed by atoms with Crippen LogP contribution in [0.3, 0.4) is 0 Å². The first kappa shape index (κ1) is 14.0. The number of aliphatic carboxylic acids is 1.